The molecule has 6 rings (SSSR count). The quantitative estimate of drug-likeness (QED) is 0.108. The summed E-state index contributed by atoms with van der Waals surface area (Å²) in [4.78, 5) is 19.6. The molecule has 0 aliphatic heterocycles. The number of hydrogen-bond donors (Lipinski definition) is 0. The molecule has 18 nitrogen and oxygen atoms in total. The summed E-state index contributed by atoms with van der Waals surface area (Å²) in [5, 5.41) is 0. The standard InChI is InChI=1S/6C9H9NO2.Tc/c6*1-10-7-4-5-8(11-2)9(6-7)12-3;/h6*4-6H,2-3H3;/i;;;;;;1+1. The number of hydrogen-bond acceptors (Lipinski definition) is 12. The molecule has 19 heteroatoms. The zero-order valence-corrected chi connectivity index (χ0v) is 44.2. The van der Waals surface area contributed by atoms with Gasteiger partial charge in [-0.15, -0.1) is 0 Å². The Labute approximate surface area is 441 Å². The maximum absolute atomic E-state index is 6.77. The van der Waals surface area contributed by atoms with Crippen LogP contribution in [-0.2, 0) is 20.1 Å². The maximum Gasteiger partial charge on any atom is 0.191 e. The first-order valence-electron chi connectivity index (χ1n) is 20.5. The van der Waals surface area contributed by atoms with Crippen molar-refractivity contribution in [3.8, 4) is 69.0 Å². The first-order chi connectivity index (χ1) is 34.9. The third kappa shape index (κ3) is 21.0. The molecule has 0 aromatic heterocycles. The monoisotopic (exact) mass is 1080 g/mol. The number of methoxy groups -OCH3 is 12. The van der Waals surface area contributed by atoms with E-state index in [2.05, 4.69) is 29.1 Å². The van der Waals surface area contributed by atoms with Crippen molar-refractivity contribution in [2.45, 2.75) is 0 Å². The summed E-state index contributed by atoms with van der Waals surface area (Å²) < 4.78 is 60.1. The van der Waals surface area contributed by atoms with Crippen LogP contribution in [0.15, 0.2) is 109 Å². The fourth-order valence-electron chi connectivity index (χ4n) is 5.37. The van der Waals surface area contributed by atoms with Gasteiger partial charge in [0.25, 0.3) is 0 Å². The summed E-state index contributed by atoms with van der Waals surface area (Å²) >= 11 is 0. The number of benzene rings is 6. The van der Waals surface area contributed by atoms with E-state index in [0.29, 0.717) is 103 Å². The van der Waals surface area contributed by atoms with Gasteiger partial charge in [0.1, 0.15) is 34.5 Å². The molecular formula is C54H54N6O12Tc. The predicted molar refractivity (Wildman–Crippen MR) is 275 cm³/mol. The van der Waals surface area contributed by atoms with Gasteiger partial charge in [0.2, 0.25) is 0 Å². The Morgan fingerprint density at radius 3 is 0.397 bits per heavy atom. The topological polar surface area (TPSA) is 137 Å². The van der Waals surface area contributed by atoms with Crippen LogP contribution in [0.3, 0.4) is 0 Å². The van der Waals surface area contributed by atoms with Crippen molar-refractivity contribution < 1.29 is 76.9 Å². The van der Waals surface area contributed by atoms with Crippen LogP contribution < -0.4 is 56.8 Å². The van der Waals surface area contributed by atoms with Crippen molar-refractivity contribution in [1.29, 1.82) is 0 Å². The molecule has 1 radical (unpaired) electrons. The summed E-state index contributed by atoms with van der Waals surface area (Å²) in [5.74, 6) is 7.39. The molecule has 0 heterocycles. The van der Waals surface area contributed by atoms with E-state index in [0.717, 1.165) is 0 Å². The molecule has 73 heavy (non-hydrogen) atoms. The molecule has 0 spiro atoms. The molecule has 0 amide bonds. The molecule has 0 fully saturated rings. The van der Waals surface area contributed by atoms with Crippen molar-refractivity contribution in [2.75, 3.05) is 85.3 Å². The Balaban J connectivity index is 0.000000850. The molecule has 379 valence electrons. The normalized spacial score (nSPS) is 8.63. The van der Waals surface area contributed by atoms with Crippen molar-refractivity contribution in [1.82, 2.24) is 0 Å². The van der Waals surface area contributed by atoms with E-state index in [-0.39, 0.29) is 20.1 Å². The zero-order chi connectivity index (χ0) is 53.8. The average molecular weight is 1080 g/mol. The first-order valence-corrected chi connectivity index (χ1v) is 20.5. The second-order valence-corrected chi connectivity index (χ2v) is 12.9. The second-order valence-electron chi connectivity index (χ2n) is 12.9. The molecule has 0 aliphatic rings. The van der Waals surface area contributed by atoms with Crippen LogP contribution in [0.5, 0.6) is 69.0 Å². The van der Waals surface area contributed by atoms with Crippen molar-refractivity contribution >= 4 is 34.1 Å². The fraction of sp³-hybridized carbons (Fsp3) is 0.222. The Morgan fingerprint density at radius 1 is 0.205 bits per heavy atom. The summed E-state index contributed by atoms with van der Waals surface area (Å²) in [6, 6.07) is 30.3. The Bertz CT molecular complexity index is 2400. The summed E-state index contributed by atoms with van der Waals surface area (Å²) in [7, 11) is 18.7. The third-order valence-electron chi connectivity index (χ3n) is 8.98. The van der Waals surface area contributed by atoms with E-state index in [9.17, 15) is 0 Å². The van der Waals surface area contributed by atoms with Crippen LogP contribution in [0.2, 0.25) is 0 Å². The molecule has 6 aromatic rings. The zero-order valence-electron chi connectivity index (χ0n) is 42.4. The van der Waals surface area contributed by atoms with Gasteiger partial charge in [-0.05, 0) is 72.8 Å². The van der Waals surface area contributed by atoms with Crippen LogP contribution in [0.1, 0.15) is 0 Å². The summed E-state index contributed by atoms with van der Waals surface area (Å²) in [5.41, 5.74) is 3.29. The Kier molecular flexibility index (Phi) is 31.7. The van der Waals surface area contributed by atoms with E-state index in [1.165, 1.54) is 0 Å². The minimum Gasteiger partial charge on any atom is -0.494 e. The van der Waals surface area contributed by atoms with Crippen LogP contribution in [0, 0.1) is 39.4 Å². The molecule has 6 aromatic carbocycles. The molecule has 0 saturated carbocycles. The predicted octanol–water partition coefficient (Wildman–Crippen LogP) is 13.5. The summed E-state index contributed by atoms with van der Waals surface area (Å²) in [6.07, 6.45) is 0. The molecule has 0 N–H and O–H groups in total. The van der Waals surface area contributed by atoms with E-state index in [4.69, 9.17) is 96.3 Å². The van der Waals surface area contributed by atoms with Crippen LogP contribution in [0.25, 0.3) is 29.1 Å². The van der Waals surface area contributed by atoms with E-state index >= 15 is 0 Å². The van der Waals surface area contributed by atoms with Crippen molar-refractivity contribution in [3.63, 3.8) is 0 Å². The van der Waals surface area contributed by atoms with Gasteiger partial charge in [0.05, 0.1) is 125 Å². The number of rotatable bonds is 12. The van der Waals surface area contributed by atoms with Gasteiger partial charge in [-0.1, -0.05) is 36.4 Å². The van der Waals surface area contributed by atoms with Crippen molar-refractivity contribution in [3.05, 3.63) is 178 Å². The molecule has 0 aliphatic carbocycles. The van der Waals surface area contributed by atoms with E-state index in [1.54, 1.807) is 195 Å². The second kappa shape index (κ2) is 36.5. The minimum absolute atomic E-state index is 0. The minimum atomic E-state index is 0. The molecule has 0 saturated heterocycles. The number of nitrogens with zero attached hydrogens (tertiary/aromatic N) is 6. The van der Waals surface area contributed by atoms with E-state index < -0.39 is 0 Å². The number of ether oxygens (including phenoxy) is 12. The third-order valence-corrected chi connectivity index (χ3v) is 8.98. The molecule has 0 bridgehead atoms. The van der Waals surface area contributed by atoms with Gasteiger partial charge >= 0.3 is 0 Å². The van der Waals surface area contributed by atoms with Gasteiger partial charge in [-0.25, -0.2) is 29.1 Å². The smallest absolute Gasteiger partial charge is 0.191 e. The van der Waals surface area contributed by atoms with Crippen LogP contribution in [-0.4, -0.2) is 85.3 Å². The summed E-state index contributed by atoms with van der Waals surface area (Å²) in [6.45, 7) is 40.6. The first kappa shape index (κ1) is 63.5. The largest absolute Gasteiger partial charge is 0.494 e. The molecular weight excluding hydrogens is 1020 g/mol. The SMILES string of the molecule is [99Tc].[C-]#[N+]c1ccc(OC)c(OC)c1.[C-]#[N+]c1ccc(OC)c(OC)c1.[C-]#[N+]c1ccc(OC)c(OC)c1.[C-]#[N+]c1ccc(OC)c(OC)c1.[C-]#[N+]c1ccc(OC)c(OC)c1.[C-]#[N+]c1ccc(OC)c(OC)c1. The molecule has 0 atom stereocenters. The fourth-order valence-corrected chi connectivity index (χ4v) is 5.37. The van der Waals surface area contributed by atoms with E-state index in [1.807, 2.05) is 0 Å². The Morgan fingerprint density at radius 2 is 0.315 bits per heavy atom. The maximum atomic E-state index is 6.77. The van der Waals surface area contributed by atoms with Crippen molar-refractivity contribution in [2.24, 2.45) is 0 Å². The van der Waals surface area contributed by atoms with Crippen LogP contribution in [0.4, 0.5) is 34.1 Å². The van der Waals surface area contributed by atoms with Gasteiger partial charge in [-0.3, -0.25) is 0 Å². The van der Waals surface area contributed by atoms with Crippen LogP contribution >= 0.6 is 0 Å². The average Bonchev–Trinajstić information content (AvgIpc) is 3.46. The van der Waals surface area contributed by atoms with Gasteiger partial charge in [0, 0.05) is 20.1 Å². The van der Waals surface area contributed by atoms with Gasteiger partial charge < -0.3 is 56.8 Å². The Hall–Kier alpha value is -9.49. The van der Waals surface area contributed by atoms with Gasteiger partial charge in [-0.2, -0.15) is 0 Å². The van der Waals surface area contributed by atoms with Gasteiger partial charge in [0.15, 0.2) is 68.6 Å². The molecule has 0 unspecified atom stereocenters.